The van der Waals surface area contributed by atoms with E-state index in [4.69, 9.17) is 10.5 Å². The summed E-state index contributed by atoms with van der Waals surface area (Å²) in [7, 11) is 0. The summed E-state index contributed by atoms with van der Waals surface area (Å²) in [6.45, 7) is 5.47. The van der Waals surface area contributed by atoms with Gasteiger partial charge in [-0.1, -0.05) is 0 Å². The van der Waals surface area contributed by atoms with E-state index >= 15 is 0 Å². The second-order valence-corrected chi connectivity index (χ2v) is 4.83. The molecule has 2 saturated heterocycles. The first-order chi connectivity index (χ1) is 7.65. The Hall–Kier alpha value is -0.650. The van der Waals surface area contributed by atoms with E-state index in [-0.39, 0.29) is 18.1 Å². The number of nitrogens with two attached hydrogens (primary N) is 1. The molecule has 3 unspecified atom stereocenters. The van der Waals surface area contributed by atoms with Crippen LogP contribution in [0.25, 0.3) is 0 Å². The van der Waals surface area contributed by atoms with Gasteiger partial charge in [0, 0.05) is 38.1 Å². The van der Waals surface area contributed by atoms with Crippen LogP contribution in [0.4, 0.5) is 0 Å². The minimum Gasteiger partial charge on any atom is -0.374 e. The summed E-state index contributed by atoms with van der Waals surface area (Å²) in [6, 6.07) is 0.389. The van der Waals surface area contributed by atoms with Crippen molar-refractivity contribution in [1.29, 1.82) is 0 Å². The maximum atomic E-state index is 11.1. The fraction of sp³-hybridized carbons (Fsp3) is 0.909. The van der Waals surface area contributed by atoms with Gasteiger partial charge >= 0.3 is 0 Å². The zero-order valence-corrected chi connectivity index (χ0v) is 9.82. The zero-order valence-electron chi connectivity index (χ0n) is 9.82. The molecule has 0 bridgehead atoms. The van der Waals surface area contributed by atoms with Crippen molar-refractivity contribution in [3.8, 4) is 0 Å². The molecule has 5 heteroatoms. The molecule has 2 fully saturated rings. The first-order valence-corrected chi connectivity index (χ1v) is 6.04. The molecule has 2 heterocycles. The summed E-state index contributed by atoms with van der Waals surface area (Å²) in [5.74, 6) is 0.182. The Labute approximate surface area is 96.3 Å². The molecule has 16 heavy (non-hydrogen) atoms. The summed E-state index contributed by atoms with van der Waals surface area (Å²) >= 11 is 0. The van der Waals surface area contributed by atoms with Gasteiger partial charge in [-0.3, -0.25) is 9.69 Å². The summed E-state index contributed by atoms with van der Waals surface area (Å²) in [4.78, 5) is 13.4. The molecular weight excluding hydrogens is 206 g/mol. The number of morpholine rings is 1. The Bertz CT molecular complexity index is 258. The molecule has 0 aromatic rings. The molecule has 0 aromatic heterocycles. The second kappa shape index (κ2) is 5.12. The van der Waals surface area contributed by atoms with Crippen LogP contribution in [-0.4, -0.2) is 55.2 Å². The number of nitrogens with zero attached hydrogens (tertiary/aromatic N) is 1. The van der Waals surface area contributed by atoms with Crippen LogP contribution in [-0.2, 0) is 9.53 Å². The molecular formula is C11H21N3O2. The highest BCUT2D eigenvalue weighted by molar-refractivity contribution is 5.78. The van der Waals surface area contributed by atoms with Crippen molar-refractivity contribution < 1.29 is 9.53 Å². The molecule has 0 radical (unpaired) electrons. The van der Waals surface area contributed by atoms with E-state index in [0.29, 0.717) is 12.5 Å². The number of rotatable bonds is 3. The van der Waals surface area contributed by atoms with Crippen LogP contribution in [0, 0.1) is 0 Å². The fourth-order valence-corrected chi connectivity index (χ4v) is 2.34. The number of amides is 1. The quantitative estimate of drug-likeness (QED) is 0.670. The molecule has 92 valence electrons. The van der Waals surface area contributed by atoms with Crippen LogP contribution >= 0.6 is 0 Å². The van der Waals surface area contributed by atoms with Crippen molar-refractivity contribution in [2.75, 3.05) is 26.2 Å². The van der Waals surface area contributed by atoms with E-state index in [1.54, 1.807) is 0 Å². The van der Waals surface area contributed by atoms with Gasteiger partial charge in [-0.15, -0.1) is 0 Å². The third-order valence-electron chi connectivity index (χ3n) is 3.33. The van der Waals surface area contributed by atoms with Crippen LogP contribution in [0.3, 0.4) is 0 Å². The molecule has 3 atom stereocenters. The van der Waals surface area contributed by atoms with Gasteiger partial charge in [0.15, 0.2) is 0 Å². The molecule has 1 amide bonds. The maximum Gasteiger partial charge on any atom is 0.220 e. The first-order valence-electron chi connectivity index (χ1n) is 6.04. The lowest BCUT2D eigenvalue weighted by Gasteiger charge is -2.35. The monoisotopic (exact) mass is 227 g/mol. The Balaban J connectivity index is 1.79. The third kappa shape index (κ3) is 2.93. The number of nitrogens with one attached hydrogen (secondary N) is 1. The van der Waals surface area contributed by atoms with E-state index in [0.717, 1.165) is 32.7 Å². The Kier molecular flexibility index (Phi) is 3.78. The van der Waals surface area contributed by atoms with E-state index in [1.165, 1.54) is 0 Å². The summed E-state index contributed by atoms with van der Waals surface area (Å²) in [6.07, 6.45) is 1.76. The fourth-order valence-electron chi connectivity index (χ4n) is 2.34. The topological polar surface area (TPSA) is 67.6 Å². The van der Waals surface area contributed by atoms with Gasteiger partial charge in [-0.05, 0) is 13.3 Å². The van der Waals surface area contributed by atoms with Crippen molar-refractivity contribution in [2.24, 2.45) is 5.73 Å². The van der Waals surface area contributed by atoms with E-state index < -0.39 is 0 Å². The largest absolute Gasteiger partial charge is 0.374 e. The Morgan fingerprint density at radius 1 is 1.69 bits per heavy atom. The molecule has 2 aliphatic rings. The number of ether oxygens (including phenoxy) is 1. The molecule has 0 aliphatic carbocycles. The van der Waals surface area contributed by atoms with Crippen molar-refractivity contribution in [3.05, 3.63) is 0 Å². The van der Waals surface area contributed by atoms with Crippen molar-refractivity contribution in [2.45, 2.75) is 38.0 Å². The molecule has 3 N–H and O–H groups in total. The van der Waals surface area contributed by atoms with Gasteiger partial charge in [0.2, 0.25) is 5.91 Å². The number of hydrogen-bond donors (Lipinski definition) is 2. The van der Waals surface area contributed by atoms with Crippen LogP contribution in [0.2, 0.25) is 0 Å². The molecule has 0 saturated carbocycles. The minimum atomic E-state index is 0.0703. The second-order valence-electron chi connectivity index (χ2n) is 4.83. The molecule has 2 rings (SSSR count). The van der Waals surface area contributed by atoms with Crippen LogP contribution in [0.15, 0.2) is 0 Å². The molecule has 2 aliphatic heterocycles. The highest BCUT2D eigenvalue weighted by Crippen LogP contribution is 2.12. The number of carbonyl (C=O) groups excluding carboxylic acids is 1. The normalized spacial score (nSPS) is 33.8. The molecule has 0 spiro atoms. The van der Waals surface area contributed by atoms with Gasteiger partial charge in [0.25, 0.3) is 0 Å². The van der Waals surface area contributed by atoms with Crippen LogP contribution < -0.4 is 11.1 Å². The molecule has 5 nitrogen and oxygen atoms in total. The van der Waals surface area contributed by atoms with Crippen molar-refractivity contribution >= 4 is 5.91 Å². The van der Waals surface area contributed by atoms with Gasteiger partial charge in [0.05, 0.1) is 12.7 Å². The van der Waals surface area contributed by atoms with Crippen LogP contribution in [0.1, 0.15) is 19.8 Å². The van der Waals surface area contributed by atoms with Gasteiger partial charge in [0.1, 0.15) is 0 Å². The Morgan fingerprint density at radius 3 is 3.12 bits per heavy atom. The minimum absolute atomic E-state index is 0.0703. The predicted molar refractivity (Wildman–Crippen MR) is 61.0 cm³/mol. The highest BCUT2D eigenvalue weighted by Gasteiger charge is 2.27. The van der Waals surface area contributed by atoms with Gasteiger partial charge < -0.3 is 15.8 Å². The highest BCUT2D eigenvalue weighted by atomic mass is 16.5. The Morgan fingerprint density at radius 2 is 2.50 bits per heavy atom. The summed E-state index contributed by atoms with van der Waals surface area (Å²) < 4.78 is 5.60. The summed E-state index contributed by atoms with van der Waals surface area (Å²) in [5.41, 5.74) is 5.84. The van der Waals surface area contributed by atoms with Crippen LogP contribution in [0.5, 0.6) is 0 Å². The summed E-state index contributed by atoms with van der Waals surface area (Å²) in [5, 5.41) is 2.99. The van der Waals surface area contributed by atoms with Gasteiger partial charge in [-0.2, -0.15) is 0 Å². The zero-order chi connectivity index (χ0) is 11.5. The molecule has 0 aromatic carbocycles. The van der Waals surface area contributed by atoms with Gasteiger partial charge in [-0.25, -0.2) is 0 Å². The lowest BCUT2D eigenvalue weighted by atomic mass is 10.1. The lowest BCUT2D eigenvalue weighted by Crippen LogP contribution is -2.52. The smallest absolute Gasteiger partial charge is 0.220 e. The maximum absolute atomic E-state index is 11.1. The average Bonchev–Trinajstić information content (AvgIpc) is 2.64. The average molecular weight is 227 g/mol. The predicted octanol–water partition coefficient (Wildman–Crippen LogP) is -0.687. The lowest BCUT2D eigenvalue weighted by molar-refractivity contribution is -0.119. The third-order valence-corrected chi connectivity index (χ3v) is 3.33. The standard InChI is InChI=1S/C11H21N3O2/c1-8(12)10-7-14(4-5-16-10)6-9-2-3-11(15)13-9/h8-10H,2-7,12H2,1H3,(H,13,15). The van der Waals surface area contributed by atoms with Crippen molar-refractivity contribution in [1.82, 2.24) is 10.2 Å². The van der Waals surface area contributed by atoms with Crippen molar-refractivity contribution in [3.63, 3.8) is 0 Å². The van der Waals surface area contributed by atoms with E-state index in [2.05, 4.69) is 10.2 Å². The number of carbonyl (C=O) groups is 1. The SMILES string of the molecule is CC(N)C1CN(CC2CCC(=O)N2)CCO1. The van der Waals surface area contributed by atoms with E-state index in [1.807, 2.05) is 6.92 Å². The van der Waals surface area contributed by atoms with E-state index in [9.17, 15) is 4.79 Å². The number of hydrogen-bond acceptors (Lipinski definition) is 4. The first kappa shape index (κ1) is 11.8.